The zero-order chi connectivity index (χ0) is 17.7. The van der Waals surface area contributed by atoms with Gasteiger partial charge in [0.15, 0.2) is 6.10 Å². The summed E-state index contributed by atoms with van der Waals surface area (Å²) in [6.45, 7) is 10.4. The lowest BCUT2D eigenvalue weighted by atomic mass is 10.0. The molecule has 1 aromatic carbocycles. The highest BCUT2D eigenvalue weighted by Crippen LogP contribution is 2.22. The lowest BCUT2D eigenvalue weighted by molar-refractivity contribution is -0.129. The topological polar surface area (TPSA) is 41.6 Å². The monoisotopic (exact) mass is 352 g/mol. The van der Waals surface area contributed by atoms with Gasteiger partial charge in [-0.1, -0.05) is 18.5 Å². The maximum absolute atomic E-state index is 12.5. The molecule has 0 saturated carbocycles. The van der Waals surface area contributed by atoms with Crippen LogP contribution in [0.1, 0.15) is 45.6 Å². The number of carbonyl (C=O) groups is 1. The second-order valence-corrected chi connectivity index (χ2v) is 7.25. The number of rotatable bonds is 6. The molecule has 1 aliphatic heterocycles. The lowest BCUT2D eigenvalue weighted by Crippen LogP contribution is -2.49. The summed E-state index contributed by atoms with van der Waals surface area (Å²) < 4.78 is 5.88. The number of likely N-dealkylation sites (tertiary alicyclic amines) is 1. The Hall–Kier alpha value is -1.26. The van der Waals surface area contributed by atoms with Gasteiger partial charge in [-0.15, -0.1) is 0 Å². The van der Waals surface area contributed by atoms with Gasteiger partial charge in [-0.25, -0.2) is 0 Å². The maximum atomic E-state index is 12.5. The van der Waals surface area contributed by atoms with Gasteiger partial charge in [0.1, 0.15) is 5.75 Å². The molecule has 134 valence electrons. The minimum atomic E-state index is -0.464. The molecule has 0 aromatic heterocycles. The molecular weight excluding hydrogens is 324 g/mol. The van der Waals surface area contributed by atoms with Gasteiger partial charge in [0.25, 0.3) is 5.91 Å². The van der Waals surface area contributed by atoms with Gasteiger partial charge in [-0.05, 0) is 63.8 Å². The molecule has 1 heterocycles. The number of carbonyl (C=O) groups excluding carboxylic acids is 1. The largest absolute Gasteiger partial charge is 0.481 e. The summed E-state index contributed by atoms with van der Waals surface area (Å²) in [5, 5.41) is 3.86. The second-order valence-electron chi connectivity index (χ2n) is 6.84. The summed E-state index contributed by atoms with van der Waals surface area (Å²) in [5.74, 6) is 0.668. The van der Waals surface area contributed by atoms with E-state index in [9.17, 15) is 4.79 Å². The van der Waals surface area contributed by atoms with Crippen molar-refractivity contribution in [3.8, 4) is 5.75 Å². The number of amides is 1. The standard InChI is InChI=1S/C19H29ClN2O2/c1-5-18(24-16-6-7-17(20)14(4)12-16)19(23)21-15-8-10-22(11-9-15)13(2)3/h6-7,12-13,15,18H,5,8-11H2,1-4H3,(H,21,23). The molecule has 1 N–H and O–H groups in total. The predicted molar refractivity (Wildman–Crippen MR) is 98.8 cm³/mol. The number of piperidine rings is 1. The number of benzene rings is 1. The number of hydrogen-bond acceptors (Lipinski definition) is 3. The van der Waals surface area contributed by atoms with Crippen LogP contribution < -0.4 is 10.1 Å². The average Bonchev–Trinajstić information content (AvgIpc) is 2.56. The number of ether oxygens (including phenoxy) is 1. The minimum Gasteiger partial charge on any atom is -0.481 e. The summed E-state index contributed by atoms with van der Waals surface area (Å²) in [6.07, 6.45) is 2.17. The van der Waals surface area contributed by atoms with Crippen LogP contribution in [-0.4, -0.2) is 42.1 Å². The Morgan fingerprint density at radius 1 is 1.38 bits per heavy atom. The second kappa shape index (κ2) is 8.72. The van der Waals surface area contributed by atoms with Crippen LogP contribution in [-0.2, 0) is 4.79 Å². The molecule has 4 nitrogen and oxygen atoms in total. The Kier molecular flexibility index (Phi) is 6.93. The third kappa shape index (κ3) is 5.12. The fourth-order valence-electron chi connectivity index (χ4n) is 3.03. The molecule has 0 radical (unpaired) electrons. The van der Waals surface area contributed by atoms with Crippen LogP contribution in [0, 0.1) is 6.92 Å². The Morgan fingerprint density at radius 2 is 2.04 bits per heavy atom. The molecule has 1 aromatic rings. The smallest absolute Gasteiger partial charge is 0.261 e. The van der Waals surface area contributed by atoms with E-state index in [0.29, 0.717) is 23.2 Å². The minimum absolute atomic E-state index is 0.0203. The molecular formula is C19H29ClN2O2. The fourth-order valence-corrected chi connectivity index (χ4v) is 3.15. The van der Waals surface area contributed by atoms with Crippen molar-refractivity contribution >= 4 is 17.5 Å². The van der Waals surface area contributed by atoms with Crippen molar-refractivity contribution in [1.29, 1.82) is 0 Å². The van der Waals surface area contributed by atoms with Crippen LogP contribution in [0.4, 0.5) is 0 Å². The Morgan fingerprint density at radius 3 is 2.58 bits per heavy atom. The predicted octanol–water partition coefficient (Wildman–Crippen LogP) is 3.79. The number of nitrogens with zero attached hydrogens (tertiary/aromatic N) is 1. The van der Waals surface area contributed by atoms with E-state index < -0.39 is 6.10 Å². The van der Waals surface area contributed by atoms with Gasteiger partial charge in [0.2, 0.25) is 0 Å². The number of nitrogens with one attached hydrogen (secondary N) is 1. The van der Waals surface area contributed by atoms with E-state index >= 15 is 0 Å². The summed E-state index contributed by atoms with van der Waals surface area (Å²) in [6, 6.07) is 6.31. The van der Waals surface area contributed by atoms with Crippen molar-refractivity contribution in [1.82, 2.24) is 10.2 Å². The van der Waals surface area contributed by atoms with Crippen molar-refractivity contribution in [2.75, 3.05) is 13.1 Å². The molecule has 1 unspecified atom stereocenters. The maximum Gasteiger partial charge on any atom is 0.261 e. The molecule has 1 aliphatic rings. The number of hydrogen-bond donors (Lipinski definition) is 1. The van der Waals surface area contributed by atoms with Crippen LogP contribution in [0.3, 0.4) is 0 Å². The van der Waals surface area contributed by atoms with Crippen LogP contribution in [0.2, 0.25) is 5.02 Å². The van der Waals surface area contributed by atoms with E-state index in [1.807, 2.05) is 26.0 Å². The fraction of sp³-hybridized carbons (Fsp3) is 0.632. The molecule has 2 rings (SSSR count). The Bertz CT molecular complexity index is 554. The molecule has 1 fully saturated rings. The van der Waals surface area contributed by atoms with Gasteiger partial charge < -0.3 is 15.0 Å². The van der Waals surface area contributed by atoms with E-state index in [1.165, 1.54) is 0 Å². The molecule has 0 spiro atoms. The molecule has 0 bridgehead atoms. The Labute approximate surface area is 150 Å². The van der Waals surface area contributed by atoms with Gasteiger partial charge in [-0.3, -0.25) is 4.79 Å². The van der Waals surface area contributed by atoms with Gasteiger partial charge in [-0.2, -0.15) is 0 Å². The van der Waals surface area contributed by atoms with Crippen LogP contribution in [0.5, 0.6) is 5.75 Å². The van der Waals surface area contributed by atoms with Gasteiger partial charge >= 0.3 is 0 Å². The quantitative estimate of drug-likeness (QED) is 0.846. The average molecular weight is 353 g/mol. The summed E-state index contributed by atoms with van der Waals surface area (Å²) in [5.41, 5.74) is 0.950. The van der Waals surface area contributed by atoms with Crippen molar-refractivity contribution in [3.05, 3.63) is 28.8 Å². The van der Waals surface area contributed by atoms with E-state index in [4.69, 9.17) is 16.3 Å². The summed E-state index contributed by atoms with van der Waals surface area (Å²) in [7, 11) is 0. The number of halogens is 1. The first-order chi connectivity index (χ1) is 11.4. The molecule has 24 heavy (non-hydrogen) atoms. The Balaban J connectivity index is 1.88. The molecule has 1 amide bonds. The van der Waals surface area contributed by atoms with Crippen LogP contribution in [0.25, 0.3) is 0 Å². The van der Waals surface area contributed by atoms with Crippen molar-refractivity contribution in [2.45, 2.75) is 65.1 Å². The van der Waals surface area contributed by atoms with E-state index in [-0.39, 0.29) is 11.9 Å². The zero-order valence-corrected chi connectivity index (χ0v) is 15.9. The highest BCUT2D eigenvalue weighted by Gasteiger charge is 2.25. The normalized spacial score (nSPS) is 17.8. The first kappa shape index (κ1) is 19.1. The highest BCUT2D eigenvalue weighted by atomic mass is 35.5. The first-order valence-corrected chi connectivity index (χ1v) is 9.25. The highest BCUT2D eigenvalue weighted by molar-refractivity contribution is 6.31. The van der Waals surface area contributed by atoms with Gasteiger partial charge in [0.05, 0.1) is 0 Å². The van der Waals surface area contributed by atoms with Crippen LogP contribution in [0.15, 0.2) is 18.2 Å². The summed E-state index contributed by atoms with van der Waals surface area (Å²) >= 11 is 6.04. The number of aryl methyl sites for hydroxylation is 1. The van der Waals surface area contributed by atoms with Crippen molar-refractivity contribution in [3.63, 3.8) is 0 Å². The third-order valence-corrected chi connectivity index (χ3v) is 5.10. The third-order valence-electron chi connectivity index (χ3n) is 4.68. The van der Waals surface area contributed by atoms with Crippen LogP contribution >= 0.6 is 11.6 Å². The zero-order valence-electron chi connectivity index (χ0n) is 15.1. The summed E-state index contributed by atoms with van der Waals surface area (Å²) in [4.78, 5) is 15.0. The lowest BCUT2D eigenvalue weighted by Gasteiger charge is -2.35. The van der Waals surface area contributed by atoms with E-state index in [1.54, 1.807) is 6.07 Å². The molecule has 1 saturated heterocycles. The molecule has 1 atom stereocenters. The molecule has 5 heteroatoms. The van der Waals surface area contributed by atoms with Gasteiger partial charge in [0, 0.05) is 30.2 Å². The SMILES string of the molecule is CCC(Oc1ccc(Cl)c(C)c1)C(=O)NC1CCN(C(C)C)CC1. The van der Waals surface area contributed by atoms with E-state index in [2.05, 4.69) is 24.1 Å². The van der Waals surface area contributed by atoms with E-state index in [0.717, 1.165) is 31.5 Å². The first-order valence-electron chi connectivity index (χ1n) is 8.88. The van der Waals surface area contributed by atoms with Crippen molar-refractivity contribution in [2.24, 2.45) is 0 Å². The van der Waals surface area contributed by atoms with Crippen molar-refractivity contribution < 1.29 is 9.53 Å². The molecule has 0 aliphatic carbocycles.